The maximum Gasteiger partial charge on any atom is 0.175 e. The lowest BCUT2D eigenvalue weighted by molar-refractivity contribution is -0.417. The molecule has 0 radical (unpaired) electrons. The molecule has 0 heterocycles. The van der Waals surface area contributed by atoms with Crippen LogP contribution in [-0.2, 0) is 0 Å². The molecule has 0 N–H and O–H groups in total. The first-order valence-corrected chi connectivity index (χ1v) is 4.45. The van der Waals surface area contributed by atoms with Gasteiger partial charge in [0.05, 0.1) is 0 Å². The lowest BCUT2D eigenvalue weighted by Gasteiger charge is -1.90. The fraction of sp³-hybridized carbons (Fsp3) is 0.250. The maximum atomic E-state index is 2.10. The first-order valence-electron chi connectivity index (χ1n) is 4.45. The topological polar surface area (TPSA) is 3.01 Å². The fourth-order valence-corrected chi connectivity index (χ4v) is 1.22. The predicted molar refractivity (Wildman–Crippen MR) is 57.2 cm³/mol. The molecule has 1 nitrogen and oxygen atoms in total. The minimum absolute atomic E-state index is 1.22. The van der Waals surface area contributed by atoms with E-state index in [4.69, 9.17) is 0 Å². The van der Waals surface area contributed by atoms with Gasteiger partial charge < -0.3 is 0 Å². The summed E-state index contributed by atoms with van der Waals surface area (Å²) >= 11 is 0. The molecule has 0 aliphatic heterocycles. The van der Waals surface area contributed by atoms with Crippen LogP contribution in [-0.4, -0.2) is 17.8 Å². The number of rotatable bonds is 2. The Balaban J connectivity index is 2.83. The van der Waals surface area contributed by atoms with E-state index in [1.807, 2.05) is 25.2 Å². The molecule has 1 rings (SSSR count). The van der Waals surface area contributed by atoms with Crippen LogP contribution in [0.5, 0.6) is 0 Å². The average Bonchev–Trinajstić information content (AvgIpc) is 2.04. The molecule has 0 saturated heterocycles. The van der Waals surface area contributed by atoms with Crippen LogP contribution in [0.15, 0.2) is 42.1 Å². The summed E-state index contributed by atoms with van der Waals surface area (Å²) in [4.78, 5) is 0. The van der Waals surface area contributed by atoms with E-state index in [0.717, 1.165) is 0 Å². The highest BCUT2D eigenvalue weighted by Crippen LogP contribution is 1.94. The lowest BCUT2D eigenvalue weighted by Crippen LogP contribution is -1.99. The quantitative estimate of drug-likeness (QED) is 0.479. The molecule has 0 fully saturated rings. The van der Waals surface area contributed by atoms with Crippen molar-refractivity contribution in [3.8, 4) is 0 Å². The van der Waals surface area contributed by atoms with E-state index < -0.39 is 0 Å². The largest absolute Gasteiger partial charge is 0.207 e. The minimum Gasteiger partial charge on any atom is -0.207 e. The van der Waals surface area contributed by atoms with Crippen LogP contribution < -0.4 is 0 Å². The van der Waals surface area contributed by atoms with E-state index in [1.165, 1.54) is 11.1 Å². The summed E-state index contributed by atoms with van der Waals surface area (Å²) in [6.07, 6.45) is 4.21. The highest BCUT2D eigenvalue weighted by Gasteiger charge is 1.92. The Morgan fingerprint density at radius 3 is 2.31 bits per heavy atom. The Morgan fingerprint density at radius 1 is 1.15 bits per heavy atom. The summed E-state index contributed by atoms with van der Waals surface area (Å²) < 4.78 is 2.07. The lowest BCUT2D eigenvalue weighted by atomic mass is 10.2. The molecule has 1 aromatic rings. The third kappa shape index (κ3) is 3.70. The molecule has 0 spiro atoms. The minimum atomic E-state index is 1.22. The molecule has 0 aromatic heterocycles. The van der Waals surface area contributed by atoms with Crippen molar-refractivity contribution in [1.29, 1.82) is 0 Å². The molecule has 13 heavy (non-hydrogen) atoms. The standard InChI is InChI=1S/C12H16N/c1-11(2)9-13(3)10-12-7-5-4-6-8-12/h4-10H,1-3H3/q+1. The van der Waals surface area contributed by atoms with Crippen molar-refractivity contribution in [1.82, 2.24) is 0 Å². The summed E-state index contributed by atoms with van der Waals surface area (Å²) in [6, 6.07) is 10.3. The molecule has 1 aromatic carbocycles. The number of allylic oxidation sites excluding steroid dienone is 1. The van der Waals surface area contributed by atoms with Crippen LogP contribution in [0.4, 0.5) is 0 Å². The highest BCUT2D eigenvalue weighted by atomic mass is 14.9. The molecular formula is C12H16N+. The first kappa shape index (κ1) is 9.72. The van der Waals surface area contributed by atoms with Crippen molar-refractivity contribution in [2.45, 2.75) is 13.8 Å². The molecule has 0 bridgehead atoms. The van der Waals surface area contributed by atoms with Gasteiger partial charge in [-0.3, -0.25) is 0 Å². The van der Waals surface area contributed by atoms with Gasteiger partial charge in [-0.1, -0.05) is 18.2 Å². The molecule has 68 valence electrons. The average molecular weight is 174 g/mol. The summed E-state index contributed by atoms with van der Waals surface area (Å²) in [7, 11) is 2.04. The van der Waals surface area contributed by atoms with E-state index in [9.17, 15) is 0 Å². The summed E-state index contributed by atoms with van der Waals surface area (Å²) in [5.41, 5.74) is 2.53. The monoisotopic (exact) mass is 174 g/mol. The smallest absolute Gasteiger partial charge is 0.175 e. The highest BCUT2D eigenvalue weighted by molar-refractivity contribution is 5.75. The van der Waals surface area contributed by atoms with Gasteiger partial charge in [0.25, 0.3) is 0 Å². The van der Waals surface area contributed by atoms with Gasteiger partial charge in [0.2, 0.25) is 0 Å². The second-order valence-corrected chi connectivity index (χ2v) is 3.41. The van der Waals surface area contributed by atoms with E-state index in [1.54, 1.807) is 0 Å². The Hall–Kier alpha value is -1.37. The maximum absolute atomic E-state index is 2.10. The van der Waals surface area contributed by atoms with Gasteiger partial charge in [-0.25, -0.2) is 4.58 Å². The molecule has 0 atom stereocenters. The Labute approximate surface area is 80.0 Å². The number of nitrogens with zero attached hydrogens (tertiary/aromatic N) is 1. The van der Waals surface area contributed by atoms with E-state index in [-0.39, 0.29) is 0 Å². The van der Waals surface area contributed by atoms with Gasteiger partial charge in [0, 0.05) is 5.56 Å². The number of hydrogen-bond acceptors (Lipinski definition) is 0. The Kier molecular flexibility index (Phi) is 3.44. The summed E-state index contributed by atoms with van der Waals surface area (Å²) in [5.74, 6) is 0. The third-order valence-electron chi connectivity index (χ3n) is 1.61. The van der Waals surface area contributed by atoms with E-state index in [0.29, 0.717) is 0 Å². The SMILES string of the molecule is CC(C)=C[N+](C)=Cc1ccccc1. The van der Waals surface area contributed by atoms with Crippen LogP contribution in [0.3, 0.4) is 0 Å². The molecular weight excluding hydrogens is 158 g/mol. The molecule has 0 amide bonds. The fourth-order valence-electron chi connectivity index (χ4n) is 1.22. The van der Waals surface area contributed by atoms with Gasteiger partial charge >= 0.3 is 0 Å². The number of hydrogen-bond donors (Lipinski definition) is 0. The van der Waals surface area contributed by atoms with Crippen molar-refractivity contribution in [3.63, 3.8) is 0 Å². The zero-order valence-electron chi connectivity index (χ0n) is 8.49. The van der Waals surface area contributed by atoms with Gasteiger partial charge in [-0.2, -0.15) is 0 Å². The molecule has 0 unspecified atom stereocenters. The van der Waals surface area contributed by atoms with Crippen molar-refractivity contribution < 1.29 is 4.58 Å². The van der Waals surface area contributed by atoms with Gasteiger partial charge in [0.1, 0.15) is 7.05 Å². The number of benzene rings is 1. The van der Waals surface area contributed by atoms with E-state index >= 15 is 0 Å². The Morgan fingerprint density at radius 2 is 1.77 bits per heavy atom. The molecule has 0 aliphatic carbocycles. The van der Waals surface area contributed by atoms with Crippen molar-refractivity contribution in [3.05, 3.63) is 47.7 Å². The molecule has 0 saturated carbocycles. The van der Waals surface area contributed by atoms with Crippen molar-refractivity contribution in [2.24, 2.45) is 0 Å². The van der Waals surface area contributed by atoms with Gasteiger partial charge in [-0.05, 0) is 31.6 Å². The van der Waals surface area contributed by atoms with Crippen molar-refractivity contribution >= 4 is 6.21 Å². The van der Waals surface area contributed by atoms with Crippen LogP contribution >= 0.6 is 0 Å². The second kappa shape index (κ2) is 4.61. The second-order valence-electron chi connectivity index (χ2n) is 3.41. The zero-order chi connectivity index (χ0) is 9.68. The van der Waals surface area contributed by atoms with E-state index in [2.05, 4.69) is 43.0 Å². The zero-order valence-corrected chi connectivity index (χ0v) is 8.49. The van der Waals surface area contributed by atoms with Gasteiger partial charge in [0.15, 0.2) is 12.4 Å². The summed E-state index contributed by atoms with van der Waals surface area (Å²) in [5, 5.41) is 0. The Bertz CT molecular complexity index is 316. The third-order valence-corrected chi connectivity index (χ3v) is 1.61. The predicted octanol–water partition coefficient (Wildman–Crippen LogP) is 2.67. The first-order chi connectivity index (χ1) is 6.18. The molecule has 1 heteroatoms. The van der Waals surface area contributed by atoms with Crippen LogP contribution in [0.1, 0.15) is 19.4 Å². The molecule has 0 aliphatic rings. The normalized spacial score (nSPS) is 11.2. The van der Waals surface area contributed by atoms with Crippen LogP contribution in [0.25, 0.3) is 0 Å². The van der Waals surface area contributed by atoms with Gasteiger partial charge in [-0.15, -0.1) is 0 Å². The van der Waals surface area contributed by atoms with Crippen molar-refractivity contribution in [2.75, 3.05) is 7.05 Å². The van der Waals surface area contributed by atoms with Crippen LogP contribution in [0, 0.1) is 0 Å². The summed E-state index contributed by atoms with van der Waals surface area (Å²) in [6.45, 7) is 4.19. The van der Waals surface area contributed by atoms with Crippen LogP contribution in [0.2, 0.25) is 0 Å².